The van der Waals surface area contributed by atoms with Crippen molar-refractivity contribution in [3.63, 3.8) is 0 Å². The molecule has 1 atom stereocenters. The van der Waals surface area contributed by atoms with E-state index >= 15 is 0 Å². The number of amidine groups is 1. The molecule has 104 valence electrons. The Kier molecular flexibility index (Phi) is 3.34. The van der Waals surface area contributed by atoms with Gasteiger partial charge in [-0.15, -0.1) is 0 Å². The van der Waals surface area contributed by atoms with Crippen LogP contribution in [-0.2, 0) is 19.2 Å². The molecule has 0 saturated carbocycles. The van der Waals surface area contributed by atoms with Crippen LogP contribution in [0.15, 0.2) is 16.8 Å². The third kappa shape index (κ3) is 2.62. The second-order valence-corrected chi connectivity index (χ2v) is 5.33. The number of hydrogen-bond donors (Lipinski definition) is 0. The van der Waals surface area contributed by atoms with Crippen molar-refractivity contribution in [2.24, 2.45) is 5.16 Å². The van der Waals surface area contributed by atoms with E-state index < -0.39 is 11.8 Å². The highest BCUT2D eigenvalue weighted by Crippen LogP contribution is 2.29. The van der Waals surface area contributed by atoms with Crippen LogP contribution in [-0.4, -0.2) is 34.4 Å². The molecule has 0 radical (unpaired) electrons. The Hall–Kier alpha value is -1.85. The number of esters is 1. The lowest BCUT2D eigenvalue weighted by molar-refractivity contribution is -0.153. The van der Waals surface area contributed by atoms with Crippen molar-refractivity contribution >= 4 is 17.7 Å². The molecule has 0 aromatic heterocycles. The summed E-state index contributed by atoms with van der Waals surface area (Å²) >= 11 is 0. The maximum atomic E-state index is 12.0. The van der Waals surface area contributed by atoms with Crippen LogP contribution >= 0.6 is 0 Å². The zero-order valence-electron chi connectivity index (χ0n) is 11.6. The first-order valence-electron chi connectivity index (χ1n) is 6.30. The summed E-state index contributed by atoms with van der Waals surface area (Å²) in [5.41, 5.74) is 0.255. The summed E-state index contributed by atoms with van der Waals surface area (Å²) in [4.78, 5) is 30.1. The van der Waals surface area contributed by atoms with E-state index in [1.807, 2.05) is 13.8 Å². The fourth-order valence-corrected chi connectivity index (χ4v) is 2.02. The van der Waals surface area contributed by atoms with E-state index in [4.69, 9.17) is 9.57 Å². The Labute approximate surface area is 112 Å². The zero-order valence-corrected chi connectivity index (χ0v) is 11.6. The van der Waals surface area contributed by atoms with E-state index in [9.17, 15) is 9.59 Å². The molecular formula is C13H18N2O4. The molecular weight excluding hydrogens is 248 g/mol. The van der Waals surface area contributed by atoms with Gasteiger partial charge in [0, 0.05) is 12.5 Å². The predicted molar refractivity (Wildman–Crippen MR) is 68.0 cm³/mol. The van der Waals surface area contributed by atoms with Crippen LogP contribution in [0.4, 0.5) is 0 Å². The normalized spacial score (nSPS) is 24.9. The van der Waals surface area contributed by atoms with Crippen molar-refractivity contribution < 1.29 is 19.2 Å². The molecule has 1 unspecified atom stereocenters. The van der Waals surface area contributed by atoms with E-state index in [-0.39, 0.29) is 18.3 Å². The van der Waals surface area contributed by atoms with Crippen molar-refractivity contribution in [3.8, 4) is 0 Å². The lowest BCUT2D eigenvalue weighted by Gasteiger charge is -2.25. The monoisotopic (exact) mass is 266 g/mol. The molecule has 6 nitrogen and oxygen atoms in total. The van der Waals surface area contributed by atoms with Gasteiger partial charge in [0.15, 0.2) is 5.84 Å². The Morgan fingerprint density at radius 2 is 2.32 bits per heavy atom. The van der Waals surface area contributed by atoms with Gasteiger partial charge in [-0.3, -0.25) is 14.5 Å². The Balaban J connectivity index is 2.19. The zero-order chi connectivity index (χ0) is 14.2. The number of ether oxygens (including phenoxy) is 1. The molecule has 19 heavy (non-hydrogen) atoms. The van der Waals surface area contributed by atoms with E-state index in [2.05, 4.69) is 5.16 Å². The third-order valence-electron chi connectivity index (χ3n) is 3.00. The van der Waals surface area contributed by atoms with Crippen molar-refractivity contribution in [1.82, 2.24) is 4.90 Å². The quantitative estimate of drug-likeness (QED) is 0.711. The highest BCUT2D eigenvalue weighted by Gasteiger charge is 2.42. The second-order valence-electron chi connectivity index (χ2n) is 5.33. The Morgan fingerprint density at radius 3 is 2.84 bits per heavy atom. The van der Waals surface area contributed by atoms with Crippen LogP contribution in [0.3, 0.4) is 0 Å². The number of nitrogens with zero attached hydrogens (tertiary/aromatic N) is 2. The summed E-state index contributed by atoms with van der Waals surface area (Å²) in [5.74, 6) is -0.0836. The lowest BCUT2D eigenvalue weighted by atomic mass is 10.1. The Morgan fingerprint density at radius 1 is 1.63 bits per heavy atom. The molecule has 2 aliphatic heterocycles. The van der Waals surface area contributed by atoms with Crippen molar-refractivity contribution in [2.45, 2.75) is 52.4 Å². The van der Waals surface area contributed by atoms with Crippen LogP contribution in [0.25, 0.3) is 0 Å². The molecule has 0 bridgehead atoms. The fourth-order valence-electron chi connectivity index (χ4n) is 2.02. The van der Waals surface area contributed by atoms with Crippen LogP contribution in [0.5, 0.6) is 0 Å². The standard InChI is InChI=1S/C13H18N2O4/c1-5-11(17)18-12-8(2)6-10(16)15(12)9-7-13(3,4)19-14-9/h6,12H,5,7H2,1-4H3. The maximum absolute atomic E-state index is 12.0. The summed E-state index contributed by atoms with van der Waals surface area (Å²) < 4.78 is 5.30. The lowest BCUT2D eigenvalue weighted by Crippen LogP contribution is -2.43. The molecule has 2 heterocycles. The topological polar surface area (TPSA) is 68.2 Å². The van der Waals surface area contributed by atoms with Crippen molar-refractivity contribution in [1.29, 1.82) is 0 Å². The molecule has 0 aromatic carbocycles. The first kappa shape index (κ1) is 13.6. The summed E-state index contributed by atoms with van der Waals surface area (Å²) in [7, 11) is 0. The smallest absolute Gasteiger partial charge is 0.307 e. The first-order chi connectivity index (χ1) is 8.84. The first-order valence-corrected chi connectivity index (χ1v) is 6.30. The average molecular weight is 266 g/mol. The fraction of sp³-hybridized carbons (Fsp3) is 0.615. The molecule has 2 rings (SSSR count). The molecule has 1 amide bonds. The predicted octanol–water partition coefficient (Wildman–Crippen LogP) is 1.57. The number of carbonyl (C=O) groups is 2. The molecule has 2 aliphatic rings. The average Bonchev–Trinajstić information content (AvgIpc) is 2.79. The van der Waals surface area contributed by atoms with Gasteiger partial charge in [0.25, 0.3) is 5.91 Å². The van der Waals surface area contributed by atoms with Gasteiger partial charge in [0.2, 0.25) is 6.23 Å². The van der Waals surface area contributed by atoms with Crippen LogP contribution in [0.1, 0.15) is 40.5 Å². The van der Waals surface area contributed by atoms with E-state index in [0.29, 0.717) is 17.8 Å². The molecule has 0 saturated heterocycles. The van der Waals surface area contributed by atoms with Crippen LogP contribution < -0.4 is 0 Å². The number of hydrogen-bond acceptors (Lipinski definition) is 5. The summed E-state index contributed by atoms with van der Waals surface area (Å²) in [6.07, 6.45) is 1.53. The largest absolute Gasteiger partial charge is 0.437 e. The van der Waals surface area contributed by atoms with Gasteiger partial charge in [0.1, 0.15) is 5.60 Å². The van der Waals surface area contributed by atoms with Crippen LogP contribution in [0, 0.1) is 0 Å². The minimum Gasteiger partial charge on any atom is -0.437 e. The number of amides is 1. The van der Waals surface area contributed by atoms with Gasteiger partial charge >= 0.3 is 5.97 Å². The second kappa shape index (κ2) is 4.68. The van der Waals surface area contributed by atoms with Gasteiger partial charge in [-0.2, -0.15) is 0 Å². The molecule has 0 aliphatic carbocycles. The van der Waals surface area contributed by atoms with Gasteiger partial charge in [-0.05, 0) is 26.3 Å². The minimum atomic E-state index is -0.698. The van der Waals surface area contributed by atoms with Gasteiger partial charge in [-0.25, -0.2) is 0 Å². The van der Waals surface area contributed by atoms with E-state index in [0.717, 1.165) is 0 Å². The van der Waals surface area contributed by atoms with Gasteiger partial charge < -0.3 is 9.57 Å². The number of carbonyl (C=O) groups excluding carboxylic acids is 2. The molecule has 0 spiro atoms. The summed E-state index contributed by atoms with van der Waals surface area (Å²) in [6, 6.07) is 0. The number of rotatable bonds is 2. The third-order valence-corrected chi connectivity index (χ3v) is 3.00. The maximum Gasteiger partial charge on any atom is 0.307 e. The highest BCUT2D eigenvalue weighted by atomic mass is 16.7. The van der Waals surface area contributed by atoms with Crippen molar-refractivity contribution in [3.05, 3.63) is 11.6 Å². The van der Waals surface area contributed by atoms with E-state index in [1.54, 1.807) is 13.8 Å². The van der Waals surface area contributed by atoms with Gasteiger partial charge in [-0.1, -0.05) is 12.1 Å². The van der Waals surface area contributed by atoms with Crippen LogP contribution in [0.2, 0.25) is 0 Å². The van der Waals surface area contributed by atoms with E-state index in [1.165, 1.54) is 11.0 Å². The molecule has 0 fully saturated rings. The minimum absolute atomic E-state index is 0.230. The molecule has 6 heteroatoms. The number of oxime groups is 1. The van der Waals surface area contributed by atoms with Gasteiger partial charge in [0.05, 0.1) is 6.42 Å². The summed E-state index contributed by atoms with van der Waals surface area (Å²) in [5, 5.41) is 3.94. The summed E-state index contributed by atoms with van der Waals surface area (Å²) in [6.45, 7) is 7.24. The Bertz CT molecular complexity index is 479. The molecule has 0 aromatic rings. The van der Waals surface area contributed by atoms with Crippen molar-refractivity contribution in [2.75, 3.05) is 0 Å². The molecule has 0 N–H and O–H groups in total. The highest BCUT2D eigenvalue weighted by molar-refractivity contribution is 6.06. The SMILES string of the molecule is CCC(=O)OC1C(C)=CC(=O)N1C1=NOC(C)(C)C1.